The van der Waals surface area contributed by atoms with Crippen LogP contribution in [0.3, 0.4) is 0 Å². The lowest BCUT2D eigenvalue weighted by atomic mass is 9.87. The molecule has 0 atom stereocenters. The normalized spacial score (nSPS) is 26.8. The Bertz CT molecular complexity index is 1960. The summed E-state index contributed by atoms with van der Waals surface area (Å²) in [4.78, 5) is 80.1. The van der Waals surface area contributed by atoms with Crippen LogP contribution in [0.15, 0.2) is 30.3 Å². The smallest absolute Gasteiger partial charge is 0.242 e. The van der Waals surface area contributed by atoms with Crippen LogP contribution in [0.5, 0.6) is 0 Å². The van der Waals surface area contributed by atoms with Crippen molar-refractivity contribution < 1.29 is 24.0 Å². The van der Waals surface area contributed by atoms with Crippen LogP contribution in [0.2, 0.25) is 0 Å². The number of benzene rings is 1. The Labute approximate surface area is 418 Å². The Morgan fingerprint density at radius 3 is 0.942 bits per heavy atom. The molecular formula is C54H96N10O5. The topological polar surface area (TPSA) is 135 Å². The summed E-state index contributed by atoms with van der Waals surface area (Å²) in [5.41, 5.74) is -1.95. The molecule has 5 fully saturated rings. The van der Waals surface area contributed by atoms with Crippen LogP contribution >= 0.6 is 0 Å². The summed E-state index contributed by atoms with van der Waals surface area (Å²) in [5.74, 6) is 0.683. The van der Waals surface area contributed by atoms with E-state index in [1.165, 1.54) is 5.56 Å². The average molecular weight is 965 g/mol. The molecule has 1 aromatic carbocycles. The van der Waals surface area contributed by atoms with E-state index in [1.807, 2.05) is 133 Å². The van der Waals surface area contributed by atoms with Crippen LogP contribution in [0.25, 0.3) is 0 Å². The fraction of sp³-hybridized carbons (Fsp3) is 0.796. The summed E-state index contributed by atoms with van der Waals surface area (Å²) < 4.78 is 0. The highest BCUT2D eigenvalue weighted by Gasteiger charge is 2.52. The lowest BCUT2D eigenvalue weighted by Crippen LogP contribution is -2.72. The van der Waals surface area contributed by atoms with Crippen LogP contribution in [0.4, 0.5) is 0 Å². The largest absolute Gasteiger partial charge is 0.338 e. The Hall–Kier alpha value is -3.63. The third-order valence-electron chi connectivity index (χ3n) is 16.0. The Balaban J connectivity index is 0.000000228. The SMILES string of the molecule is CC1(C)CN(CCN2CC(C)(C)NC(C)(C)C2=O)C(=O)C(C)(C)N1.CN1C(C)(C)CN(CCN2CC(C)(C)N(C)C(C)(C)C2=O)C(=O)C1(C)C.CN1C(C)(C)CN(Cc2ccccc2)C(=O)C1(C)C. The first-order chi connectivity index (χ1) is 31.0. The molecule has 15 nitrogen and oxygen atoms in total. The van der Waals surface area contributed by atoms with E-state index in [9.17, 15) is 24.0 Å². The van der Waals surface area contributed by atoms with Crippen molar-refractivity contribution in [1.82, 2.24) is 49.8 Å². The fourth-order valence-corrected chi connectivity index (χ4v) is 11.7. The molecule has 1 aromatic rings. The van der Waals surface area contributed by atoms with Gasteiger partial charge >= 0.3 is 0 Å². The van der Waals surface area contributed by atoms with Gasteiger partial charge < -0.3 is 24.5 Å². The van der Waals surface area contributed by atoms with Crippen molar-refractivity contribution in [3.63, 3.8) is 0 Å². The van der Waals surface area contributed by atoms with Gasteiger partial charge in [-0.2, -0.15) is 0 Å². The van der Waals surface area contributed by atoms with E-state index < -0.39 is 27.7 Å². The number of piperazine rings is 5. The minimum atomic E-state index is -0.576. The predicted octanol–water partition coefficient (Wildman–Crippen LogP) is 5.13. The number of likely N-dealkylation sites (N-methyl/N-ethyl adjacent to an activating group) is 3. The third kappa shape index (κ3) is 12.5. The lowest BCUT2D eigenvalue weighted by molar-refractivity contribution is -0.162. The molecule has 0 unspecified atom stereocenters. The average Bonchev–Trinajstić information content (AvgIpc) is 3.20. The van der Waals surface area contributed by atoms with Gasteiger partial charge in [-0.3, -0.25) is 49.3 Å². The van der Waals surface area contributed by atoms with Gasteiger partial charge in [0, 0.05) is 93.1 Å². The van der Waals surface area contributed by atoms with Crippen LogP contribution in [0.1, 0.15) is 144 Å². The molecule has 0 aliphatic carbocycles. The highest BCUT2D eigenvalue weighted by Crippen LogP contribution is 2.35. The second-order valence-electron chi connectivity index (χ2n) is 26.6. The maximum Gasteiger partial charge on any atom is 0.242 e. The van der Waals surface area contributed by atoms with Gasteiger partial charge in [0.1, 0.15) is 0 Å². The second kappa shape index (κ2) is 19.4. The van der Waals surface area contributed by atoms with E-state index in [4.69, 9.17) is 0 Å². The first-order valence-corrected chi connectivity index (χ1v) is 25.3. The lowest BCUT2D eigenvalue weighted by Gasteiger charge is -2.55. The molecule has 0 bridgehead atoms. The molecule has 5 amide bonds. The Morgan fingerprint density at radius 1 is 0.377 bits per heavy atom. The molecule has 0 saturated carbocycles. The fourth-order valence-electron chi connectivity index (χ4n) is 11.7. The molecular weight excluding hydrogens is 869 g/mol. The van der Waals surface area contributed by atoms with Gasteiger partial charge in [0.15, 0.2) is 0 Å². The number of hydrogen-bond acceptors (Lipinski definition) is 10. The molecule has 5 aliphatic heterocycles. The van der Waals surface area contributed by atoms with Crippen molar-refractivity contribution in [2.24, 2.45) is 0 Å². The number of nitrogens with one attached hydrogen (secondary N) is 2. The number of rotatable bonds is 8. The molecule has 5 heterocycles. The molecule has 0 aromatic heterocycles. The summed E-state index contributed by atoms with van der Waals surface area (Å²) >= 11 is 0. The number of carbonyl (C=O) groups is 5. The Morgan fingerprint density at radius 2 is 0.638 bits per heavy atom. The molecule has 15 heteroatoms. The van der Waals surface area contributed by atoms with Gasteiger partial charge in [-0.05, 0) is 165 Å². The summed E-state index contributed by atoms with van der Waals surface area (Å²) in [7, 11) is 6.08. The van der Waals surface area contributed by atoms with Crippen LogP contribution < -0.4 is 10.6 Å². The zero-order valence-electron chi connectivity index (χ0n) is 47.6. The molecule has 69 heavy (non-hydrogen) atoms. The van der Waals surface area contributed by atoms with Gasteiger partial charge in [-0.15, -0.1) is 0 Å². The van der Waals surface area contributed by atoms with Crippen molar-refractivity contribution in [1.29, 1.82) is 0 Å². The molecule has 392 valence electrons. The molecule has 0 spiro atoms. The van der Waals surface area contributed by atoms with Gasteiger partial charge in [0.25, 0.3) is 0 Å². The molecule has 0 radical (unpaired) electrons. The summed E-state index contributed by atoms with van der Waals surface area (Å²) in [6, 6.07) is 10.2. The second-order valence-corrected chi connectivity index (χ2v) is 26.6. The molecule has 6 rings (SSSR count). The predicted molar refractivity (Wildman–Crippen MR) is 279 cm³/mol. The van der Waals surface area contributed by atoms with Crippen molar-refractivity contribution in [2.75, 3.05) is 80.0 Å². The number of hydrogen-bond donors (Lipinski definition) is 2. The number of nitrogens with zero attached hydrogens (tertiary/aromatic N) is 8. The molecule has 2 N–H and O–H groups in total. The number of amides is 5. The maximum absolute atomic E-state index is 13.0. The van der Waals surface area contributed by atoms with Crippen molar-refractivity contribution in [2.45, 2.75) is 200 Å². The maximum atomic E-state index is 13.0. The van der Waals surface area contributed by atoms with Gasteiger partial charge in [0.2, 0.25) is 29.5 Å². The minimum absolute atomic E-state index is 0.00775. The highest BCUT2D eigenvalue weighted by atomic mass is 16.2. The van der Waals surface area contributed by atoms with Crippen LogP contribution in [-0.2, 0) is 30.5 Å². The first-order valence-electron chi connectivity index (χ1n) is 25.3. The zero-order valence-corrected chi connectivity index (χ0v) is 47.6. The highest BCUT2D eigenvalue weighted by molar-refractivity contribution is 5.89. The number of carbonyl (C=O) groups excluding carboxylic acids is 5. The van der Waals surface area contributed by atoms with E-state index in [2.05, 4.69) is 107 Å². The third-order valence-corrected chi connectivity index (χ3v) is 16.0. The summed E-state index contributed by atoms with van der Waals surface area (Å²) in [6.07, 6.45) is 0. The van der Waals surface area contributed by atoms with E-state index >= 15 is 0 Å². The van der Waals surface area contributed by atoms with Gasteiger partial charge in [-0.25, -0.2) is 0 Å². The quantitative estimate of drug-likeness (QED) is 0.362. The van der Waals surface area contributed by atoms with Crippen molar-refractivity contribution in [3.8, 4) is 0 Å². The van der Waals surface area contributed by atoms with Gasteiger partial charge in [0.05, 0.1) is 27.7 Å². The summed E-state index contributed by atoms with van der Waals surface area (Å²) in [5, 5.41) is 6.81. The first kappa shape index (κ1) is 57.9. The van der Waals surface area contributed by atoms with Crippen molar-refractivity contribution in [3.05, 3.63) is 35.9 Å². The van der Waals surface area contributed by atoms with E-state index in [0.29, 0.717) is 58.9 Å². The zero-order chi connectivity index (χ0) is 53.1. The van der Waals surface area contributed by atoms with Crippen molar-refractivity contribution >= 4 is 29.5 Å². The van der Waals surface area contributed by atoms with Crippen LogP contribution in [-0.4, -0.2) is 204 Å². The van der Waals surface area contributed by atoms with E-state index in [-0.39, 0.29) is 57.2 Å². The summed E-state index contributed by atoms with van der Waals surface area (Å²) in [6.45, 7) is 47.6. The minimum Gasteiger partial charge on any atom is -0.338 e. The van der Waals surface area contributed by atoms with Gasteiger partial charge in [-0.1, -0.05) is 30.3 Å². The van der Waals surface area contributed by atoms with E-state index in [0.717, 1.165) is 6.54 Å². The van der Waals surface area contributed by atoms with Crippen LogP contribution in [0, 0.1) is 0 Å². The molecule has 5 aliphatic rings. The monoisotopic (exact) mass is 965 g/mol. The Kier molecular flexibility index (Phi) is 16.3. The standard InChI is InChI=1S/C20H38N4O2.C18H34N4O2.C16H24N2O/c1-17(2)13-23(15(25)19(5,6)21(17)9)11-12-24-14-18(3,4)22(10)20(7,8)16(24)26;1-15(2)11-21(13(23)17(5,6)19-15)9-10-22-12-16(3,4)20-18(7,8)14(22)24;1-15(2)12-18(11-13-9-7-6-8-10-13)14(19)16(3,4)17(15)5/h11-14H2,1-10H3;19-20H,9-12H2,1-8H3;6-10H,11-12H2,1-5H3. The van der Waals surface area contributed by atoms with E-state index in [1.54, 1.807) is 0 Å². The molecule has 5 saturated heterocycles.